The summed E-state index contributed by atoms with van der Waals surface area (Å²) in [5, 5.41) is 10.4. The molecule has 0 aromatic carbocycles. The van der Waals surface area contributed by atoms with Crippen LogP contribution in [0.2, 0.25) is 0 Å². The first-order chi connectivity index (χ1) is 9.91. The van der Waals surface area contributed by atoms with E-state index < -0.39 is 18.2 Å². The molecule has 0 bridgehead atoms. The van der Waals surface area contributed by atoms with Gasteiger partial charge in [-0.25, -0.2) is 0 Å². The topological polar surface area (TPSA) is 42.4 Å². The molecule has 1 N–H and O–H groups in total. The van der Waals surface area contributed by atoms with Crippen molar-refractivity contribution in [3.05, 3.63) is 24.0 Å². The quantitative estimate of drug-likeness (QED) is 0.917. The van der Waals surface area contributed by atoms with Crippen molar-refractivity contribution in [2.24, 2.45) is 11.8 Å². The van der Waals surface area contributed by atoms with Crippen molar-refractivity contribution in [1.29, 1.82) is 0 Å². The van der Waals surface area contributed by atoms with E-state index in [0.29, 0.717) is 30.8 Å². The fourth-order valence-electron chi connectivity index (χ4n) is 2.93. The molecule has 118 valence electrons. The molecule has 2 rings (SSSR count). The first-order valence-corrected chi connectivity index (χ1v) is 7.24. The summed E-state index contributed by atoms with van der Waals surface area (Å²) in [6.07, 6.45) is -0.860. The van der Waals surface area contributed by atoms with Gasteiger partial charge in [-0.05, 0) is 38.2 Å². The summed E-state index contributed by atoms with van der Waals surface area (Å²) >= 11 is 0. The van der Waals surface area contributed by atoms with Gasteiger partial charge in [0.25, 0.3) is 0 Å². The van der Waals surface area contributed by atoms with E-state index in [2.05, 4.69) is 4.98 Å². The first kappa shape index (κ1) is 16.1. The van der Waals surface area contributed by atoms with Crippen LogP contribution >= 0.6 is 0 Å². The second-order valence-corrected chi connectivity index (χ2v) is 5.50. The second kappa shape index (κ2) is 6.64. The lowest BCUT2D eigenvalue weighted by Crippen LogP contribution is -2.31. The summed E-state index contributed by atoms with van der Waals surface area (Å²) in [5.74, 6) is -1.17. The van der Waals surface area contributed by atoms with Crippen LogP contribution in [0, 0.1) is 11.8 Å². The molecule has 0 radical (unpaired) electrons. The molecule has 3 unspecified atom stereocenters. The number of aliphatic hydroxyl groups is 1. The van der Waals surface area contributed by atoms with E-state index in [-0.39, 0.29) is 18.8 Å². The van der Waals surface area contributed by atoms with Crippen molar-refractivity contribution in [2.75, 3.05) is 6.61 Å². The molecule has 0 spiro atoms. The highest BCUT2D eigenvalue weighted by Crippen LogP contribution is 2.44. The van der Waals surface area contributed by atoms with E-state index in [4.69, 9.17) is 4.74 Å². The number of rotatable bonds is 4. The molecule has 0 aliphatic heterocycles. The predicted molar refractivity (Wildman–Crippen MR) is 71.9 cm³/mol. The molecule has 3 nitrogen and oxygen atoms in total. The Balaban J connectivity index is 2.08. The Morgan fingerprint density at radius 1 is 1.38 bits per heavy atom. The molecule has 0 amide bonds. The van der Waals surface area contributed by atoms with Gasteiger partial charge in [-0.2, -0.15) is 13.2 Å². The Morgan fingerprint density at radius 2 is 2.14 bits per heavy atom. The van der Waals surface area contributed by atoms with Crippen LogP contribution in [-0.2, 0) is 0 Å². The van der Waals surface area contributed by atoms with Crippen molar-refractivity contribution >= 4 is 0 Å². The molecule has 1 aromatic heterocycles. The van der Waals surface area contributed by atoms with E-state index in [0.717, 1.165) is 0 Å². The highest BCUT2D eigenvalue weighted by Gasteiger charge is 2.43. The van der Waals surface area contributed by atoms with Crippen molar-refractivity contribution in [3.63, 3.8) is 0 Å². The van der Waals surface area contributed by atoms with Gasteiger partial charge >= 0.3 is 6.18 Å². The Kier molecular flexibility index (Phi) is 5.08. The van der Waals surface area contributed by atoms with Gasteiger partial charge in [-0.3, -0.25) is 4.98 Å². The van der Waals surface area contributed by atoms with Crippen LogP contribution in [0.5, 0.6) is 5.75 Å². The molecule has 0 saturated heterocycles. The van der Waals surface area contributed by atoms with E-state index in [1.54, 1.807) is 6.07 Å². The average molecular weight is 303 g/mol. The van der Waals surface area contributed by atoms with Gasteiger partial charge in [0, 0.05) is 11.8 Å². The number of aliphatic hydroxyl groups excluding tert-OH is 1. The van der Waals surface area contributed by atoms with Gasteiger partial charge in [-0.15, -0.1) is 0 Å². The highest BCUT2D eigenvalue weighted by atomic mass is 19.4. The SMILES string of the molecule is CCOc1cncc(C(O)C2CCCC(C(F)(F)F)C2)c1. The molecule has 1 aromatic rings. The third kappa shape index (κ3) is 4.09. The lowest BCUT2D eigenvalue weighted by molar-refractivity contribution is -0.189. The Hall–Kier alpha value is -1.30. The molecule has 3 atom stereocenters. The number of hydrogen-bond acceptors (Lipinski definition) is 3. The van der Waals surface area contributed by atoms with Crippen LogP contribution in [0.15, 0.2) is 18.5 Å². The number of alkyl halides is 3. The molecule has 6 heteroatoms. The zero-order valence-electron chi connectivity index (χ0n) is 11.9. The molecule has 21 heavy (non-hydrogen) atoms. The van der Waals surface area contributed by atoms with Crippen molar-refractivity contribution in [1.82, 2.24) is 4.98 Å². The summed E-state index contributed by atoms with van der Waals surface area (Å²) in [4.78, 5) is 3.98. The lowest BCUT2D eigenvalue weighted by atomic mass is 9.77. The van der Waals surface area contributed by atoms with Gasteiger partial charge in [0.2, 0.25) is 0 Å². The highest BCUT2D eigenvalue weighted by molar-refractivity contribution is 5.25. The van der Waals surface area contributed by atoms with Crippen LogP contribution in [0.4, 0.5) is 13.2 Å². The third-order valence-electron chi connectivity index (χ3n) is 4.01. The minimum absolute atomic E-state index is 0.0243. The lowest BCUT2D eigenvalue weighted by Gasteiger charge is -2.33. The van der Waals surface area contributed by atoms with Crippen LogP contribution in [-0.4, -0.2) is 22.9 Å². The molecule has 1 aliphatic carbocycles. The maximum Gasteiger partial charge on any atom is 0.391 e. The monoisotopic (exact) mass is 303 g/mol. The largest absolute Gasteiger partial charge is 0.492 e. The van der Waals surface area contributed by atoms with Crippen LogP contribution < -0.4 is 4.74 Å². The van der Waals surface area contributed by atoms with Gasteiger partial charge < -0.3 is 9.84 Å². The number of halogens is 3. The maximum atomic E-state index is 12.8. The maximum absolute atomic E-state index is 12.8. The van der Waals surface area contributed by atoms with Crippen LogP contribution in [0.3, 0.4) is 0 Å². The molecular formula is C15H20F3NO2. The Morgan fingerprint density at radius 3 is 2.81 bits per heavy atom. The van der Waals surface area contributed by atoms with E-state index >= 15 is 0 Å². The van der Waals surface area contributed by atoms with Crippen molar-refractivity contribution < 1.29 is 23.0 Å². The molecule has 1 saturated carbocycles. The predicted octanol–water partition coefficient (Wildman–Crippen LogP) is 3.88. The standard InChI is InChI=1S/C15H20F3NO2/c1-2-21-13-7-11(8-19-9-13)14(20)10-4-3-5-12(6-10)15(16,17)18/h7-10,12,14,20H,2-6H2,1H3. The summed E-state index contributed by atoms with van der Waals surface area (Å²) in [6, 6.07) is 1.65. The number of pyridine rings is 1. The molecule has 1 aliphatic rings. The zero-order chi connectivity index (χ0) is 15.5. The Labute approximate surface area is 122 Å². The summed E-state index contributed by atoms with van der Waals surface area (Å²) < 4.78 is 43.8. The smallest absolute Gasteiger partial charge is 0.391 e. The van der Waals surface area contributed by atoms with Crippen molar-refractivity contribution in [2.45, 2.75) is 44.9 Å². The molecular weight excluding hydrogens is 283 g/mol. The van der Waals surface area contributed by atoms with E-state index in [1.165, 1.54) is 12.4 Å². The van der Waals surface area contributed by atoms with Gasteiger partial charge in [-0.1, -0.05) is 6.42 Å². The molecule has 1 heterocycles. The van der Waals surface area contributed by atoms with Crippen molar-refractivity contribution in [3.8, 4) is 5.75 Å². The fraction of sp³-hybridized carbons (Fsp3) is 0.667. The van der Waals surface area contributed by atoms with Crippen LogP contribution in [0.25, 0.3) is 0 Å². The number of aromatic nitrogens is 1. The molecule has 1 fully saturated rings. The summed E-state index contributed by atoms with van der Waals surface area (Å²) in [6.45, 7) is 2.30. The first-order valence-electron chi connectivity index (χ1n) is 7.24. The zero-order valence-corrected chi connectivity index (χ0v) is 11.9. The van der Waals surface area contributed by atoms with Gasteiger partial charge in [0.15, 0.2) is 0 Å². The summed E-state index contributed by atoms with van der Waals surface area (Å²) in [7, 11) is 0. The number of ether oxygens (including phenoxy) is 1. The minimum Gasteiger partial charge on any atom is -0.492 e. The van der Waals surface area contributed by atoms with Gasteiger partial charge in [0.1, 0.15) is 5.75 Å². The summed E-state index contributed by atoms with van der Waals surface area (Å²) in [5.41, 5.74) is 0.522. The van der Waals surface area contributed by atoms with Gasteiger partial charge in [0.05, 0.1) is 24.8 Å². The van der Waals surface area contributed by atoms with E-state index in [1.807, 2.05) is 6.92 Å². The van der Waals surface area contributed by atoms with E-state index in [9.17, 15) is 18.3 Å². The Bertz CT molecular complexity index is 464. The number of nitrogens with zero attached hydrogens (tertiary/aromatic N) is 1. The average Bonchev–Trinajstić information content (AvgIpc) is 2.46. The second-order valence-electron chi connectivity index (χ2n) is 5.50. The fourth-order valence-corrected chi connectivity index (χ4v) is 2.93. The third-order valence-corrected chi connectivity index (χ3v) is 4.01. The normalized spacial score (nSPS) is 24.6. The minimum atomic E-state index is -4.18. The number of hydrogen-bond donors (Lipinski definition) is 1. The van der Waals surface area contributed by atoms with Crippen LogP contribution in [0.1, 0.15) is 44.3 Å².